The van der Waals surface area contributed by atoms with Gasteiger partial charge in [-0.05, 0) is 44.9 Å². The zero-order valence-corrected chi connectivity index (χ0v) is 23.7. The third kappa shape index (κ3) is 27.1. The topological polar surface area (TPSA) is 162 Å². The Hall–Kier alpha value is -1.97. The number of allylic oxidation sites excluding steroid dienone is 2. The van der Waals surface area contributed by atoms with E-state index in [-0.39, 0.29) is 24.9 Å². The van der Waals surface area contributed by atoms with Crippen molar-refractivity contribution in [2.24, 2.45) is 5.41 Å². The van der Waals surface area contributed by atoms with Crippen LogP contribution in [0.15, 0.2) is 12.2 Å². The van der Waals surface area contributed by atoms with Crippen LogP contribution in [0.25, 0.3) is 0 Å². The first-order chi connectivity index (χ1) is 18.1. The number of ether oxygens (including phenoxy) is 1. The van der Waals surface area contributed by atoms with Gasteiger partial charge in [-0.2, -0.15) is 0 Å². The second kappa shape index (κ2) is 26.6. The minimum Gasteiger partial charge on any atom is -0.481 e. The van der Waals surface area contributed by atoms with Gasteiger partial charge in [-0.25, -0.2) is 0 Å². The lowest BCUT2D eigenvalue weighted by atomic mass is 9.88. The van der Waals surface area contributed by atoms with E-state index in [0.29, 0.717) is 25.9 Å². The molecule has 1 fully saturated rings. The summed E-state index contributed by atoms with van der Waals surface area (Å²) in [6.45, 7) is 4.49. The molecule has 0 aromatic carbocycles. The maximum Gasteiger partial charge on any atom is 0.303 e. The van der Waals surface area contributed by atoms with Crippen LogP contribution in [0.4, 0.5) is 0 Å². The highest BCUT2D eigenvalue weighted by Crippen LogP contribution is 2.31. The van der Waals surface area contributed by atoms with Gasteiger partial charge in [0, 0.05) is 19.3 Å². The number of carbonyl (C=O) groups is 3. The summed E-state index contributed by atoms with van der Waals surface area (Å²) in [5, 5.41) is 42.1. The molecule has 1 heterocycles. The van der Waals surface area contributed by atoms with Crippen molar-refractivity contribution in [3.8, 4) is 0 Å². The maximum absolute atomic E-state index is 10.3. The minimum absolute atomic E-state index is 0.00579. The first-order valence-corrected chi connectivity index (χ1v) is 14.3. The largest absolute Gasteiger partial charge is 0.481 e. The summed E-state index contributed by atoms with van der Waals surface area (Å²) in [6.07, 6.45) is 21.5. The van der Waals surface area contributed by atoms with Crippen LogP contribution < -0.4 is 0 Å². The number of aliphatic hydroxyl groups excluding tert-OH is 2. The Morgan fingerprint density at radius 2 is 1.08 bits per heavy atom. The average Bonchev–Trinajstić information content (AvgIpc) is 2.88. The lowest BCUT2D eigenvalue weighted by Crippen LogP contribution is -2.52. The van der Waals surface area contributed by atoms with Crippen molar-refractivity contribution in [2.75, 3.05) is 13.2 Å². The van der Waals surface area contributed by atoms with Gasteiger partial charge >= 0.3 is 17.9 Å². The molecule has 0 aromatic heterocycles. The Morgan fingerprint density at radius 3 is 1.37 bits per heavy atom. The van der Waals surface area contributed by atoms with Crippen molar-refractivity contribution in [3.63, 3.8) is 0 Å². The SMILES string of the molecule is CC1(CO)COC1O.CCCCCCCC/C=C\CCCCCCCC(=O)O.O=C(O)CCCCC(=O)O. The molecule has 0 saturated carbocycles. The molecule has 0 spiro atoms. The Bertz CT molecular complexity index is 601. The molecule has 5 N–H and O–H groups in total. The van der Waals surface area contributed by atoms with Gasteiger partial charge in [0.05, 0.1) is 18.6 Å². The van der Waals surface area contributed by atoms with E-state index in [1.54, 1.807) is 6.92 Å². The van der Waals surface area contributed by atoms with Crippen molar-refractivity contribution in [3.05, 3.63) is 12.2 Å². The number of unbranched alkanes of at least 4 members (excludes halogenated alkanes) is 12. The molecule has 0 bridgehead atoms. The molecule has 9 heteroatoms. The smallest absolute Gasteiger partial charge is 0.303 e. The summed E-state index contributed by atoms with van der Waals surface area (Å²) < 4.78 is 4.63. The number of hydrogen-bond acceptors (Lipinski definition) is 6. The molecule has 1 saturated heterocycles. The Balaban J connectivity index is 0. The van der Waals surface area contributed by atoms with E-state index in [1.807, 2.05) is 0 Å². The standard InChI is InChI=1S/C18H34O2.C6H10O4.C5H10O3/c1-2-3-4-5-6-7-8-9-10-11-12-13-14-15-16-17-18(19)20;7-5(8)3-1-2-4-6(9)10;1-5(2-6)3-8-4(5)7/h9-10H,2-8,11-17H2,1H3,(H,19,20);1-4H2,(H,7,8)(H,9,10);4,6-7H,2-3H2,1H3/b10-9-;;. The van der Waals surface area contributed by atoms with Crippen molar-refractivity contribution < 1.29 is 44.7 Å². The fourth-order valence-corrected chi connectivity index (χ4v) is 3.47. The fourth-order valence-electron chi connectivity index (χ4n) is 3.47. The van der Waals surface area contributed by atoms with Crippen LogP contribution in [0.2, 0.25) is 0 Å². The van der Waals surface area contributed by atoms with Crippen molar-refractivity contribution >= 4 is 17.9 Å². The molecule has 1 aliphatic rings. The second-order valence-electron chi connectivity index (χ2n) is 10.2. The number of aliphatic hydroxyl groups is 2. The molecular formula is C29H54O9. The Morgan fingerprint density at radius 1 is 0.711 bits per heavy atom. The minimum atomic E-state index is -0.870. The first-order valence-electron chi connectivity index (χ1n) is 14.3. The lowest BCUT2D eigenvalue weighted by Gasteiger charge is -2.41. The predicted molar refractivity (Wildman–Crippen MR) is 148 cm³/mol. The lowest BCUT2D eigenvalue weighted by molar-refractivity contribution is -0.291. The van der Waals surface area contributed by atoms with Crippen LogP contribution in [0.1, 0.15) is 129 Å². The van der Waals surface area contributed by atoms with Gasteiger partial charge in [-0.1, -0.05) is 77.4 Å². The van der Waals surface area contributed by atoms with E-state index in [9.17, 15) is 14.4 Å². The molecule has 2 atom stereocenters. The summed E-state index contributed by atoms with van der Waals surface area (Å²) in [5.41, 5.74) is -0.389. The monoisotopic (exact) mass is 546 g/mol. The highest BCUT2D eigenvalue weighted by Gasteiger charge is 2.42. The third-order valence-electron chi connectivity index (χ3n) is 6.21. The predicted octanol–water partition coefficient (Wildman–Crippen LogP) is 6.16. The third-order valence-corrected chi connectivity index (χ3v) is 6.21. The van der Waals surface area contributed by atoms with Gasteiger partial charge < -0.3 is 30.3 Å². The van der Waals surface area contributed by atoms with Crippen molar-refractivity contribution in [1.29, 1.82) is 0 Å². The van der Waals surface area contributed by atoms with Crippen molar-refractivity contribution in [1.82, 2.24) is 0 Å². The summed E-state index contributed by atoms with van der Waals surface area (Å²) in [4.78, 5) is 30.1. The van der Waals surface area contributed by atoms with Gasteiger partial charge in [0.1, 0.15) is 0 Å². The van der Waals surface area contributed by atoms with Crippen LogP contribution in [0.5, 0.6) is 0 Å². The molecule has 1 aliphatic heterocycles. The van der Waals surface area contributed by atoms with Crippen LogP contribution in [-0.4, -0.2) is 62.9 Å². The molecule has 0 radical (unpaired) electrons. The normalized spacial score (nSPS) is 18.1. The van der Waals surface area contributed by atoms with Crippen LogP contribution in [0, 0.1) is 5.41 Å². The summed E-state index contributed by atoms with van der Waals surface area (Å²) >= 11 is 0. The molecule has 0 amide bonds. The first kappa shape index (κ1) is 38.2. The van der Waals surface area contributed by atoms with E-state index in [2.05, 4.69) is 23.8 Å². The van der Waals surface area contributed by atoms with E-state index in [1.165, 1.54) is 70.6 Å². The molecular weight excluding hydrogens is 492 g/mol. The van der Waals surface area contributed by atoms with Gasteiger partial charge in [0.25, 0.3) is 0 Å². The number of hydrogen-bond donors (Lipinski definition) is 5. The van der Waals surface area contributed by atoms with Gasteiger partial charge in [-0.15, -0.1) is 0 Å². The number of carboxylic acids is 3. The van der Waals surface area contributed by atoms with E-state index < -0.39 is 24.2 Å². The van der Waals surface area contributed by atoms with E-state index in [0.717, 1.165) is 12.8 Å². The number of carboxylic acid groups (broad SMARTS) is 3. The molecule has 224 valence electrons. The van der Waals surface area contributed by atoms with E-state index in [4.69, 9.17) is 25.5 Å². The Kier molecular flexibility index (Phi) is 26.8. The van der Waals surface area contributed by atoms with Gasteiger partial charge in [-0.3, -0.25) is 14.4 Å². The summed E-state index contributed by atoms with van der Waals surface area (Å²) in [5.74, 6) is -2.40. The summed E-state index contributed by atoms with van der Waals surface area (Å²) in [6, 6.07) is 0. The Labute approximate surface area is 229 Å². The van der Waals surface area contributed by atoms with Crippen LogP contribution in [-0.2, 0) is 19.1 Å². The highest BCUT2D eigenvalue weighted by atomic mass is 16.6. The summed E-state index contributed by atoms with van der Waals surface area (Å²) in [7, 11) is 0. The zero-order valence-electron chi connectivity index (χ0n) is 23.7. The molecule has 0 aliphatic carbocycles. The number of aliphatic carboxylic acids is 3. The second-order valence-corrected chi connectivity index (χ2v) is 10.2. The average molecular weight is 547 g/mol. The van der Waals surface area contributed by atoms with Crippen molar-refractivity contribution in [2.45, 2.75) is 136 Å². The fraction of sp³-hybridized carbons (Fsp3) is 0.828. The maximum atomic E-state index is 10.3. The highest BCUT2D eigenvalue weighted by molar-refractivity contribution is 5.68. The molecule has 1 rings (SSSR count). The van der Waals surface area contributed by atoms with E-state index >= 15 is 0 Å². The molecule has 0 aromatic rings. The van der Waals surface area contributed by atoms with Crippen LogP contribution in [0.3, 0.4) is 0 Å². The molecule has 38 heavy (non-hydrogen) atoms. The molecule has 2 unspecified atom stereocenters. The van der Waals surface area contributed by atoms with Crippen LogP contribution >= 0.6 is 0 Å². The quantitative estimate of drug-likeness (QED) is 0.0838. The molecule has 9 nitrogen and oxygen atoms in total. The number of rotatable bonds is 21. The van der Waals surface area contributed by atoms with Gasteiger partial charge in [0.2, 0.25) is 0 Å². The zero-order chi connectivity index (χ0) is 29.1. The van der Waals surface area contributed by atoms with Gasteiger partial charge in [0.15, 0.2) is 6.29 Å².